The van der Waals surface area contributed by atoms with E-state index in [1.54, 1.807) is 7.05 Å². The smallest absolute Gasteiger partial charge is 0.270 e. The lowest BCUT2D eigenvalue weighted by Gasteiger charge is -2.35. The van der Waals surface area contributed by atoms with Gasteiger partial charge in [-0.05, 0) is 14.0 Å². The lowest BCUT2D eigenvalue weighted by molar-refractivity contribution is -0.121. The van der Waals surface area contributed by atoms with Gasteiger partial charge in [-0.2, -0.15) is 0 Å². The Morgan fingerprint density at radius 1 is 1.32 bits per heavy atom. The quantitative estimate of drug-likeness (QED) is 0.696. The Kier molecular flexibility index (Phi) is 5.33. The van der Waals surface area contributed by atoms with Gasteiger partial charge in [-0.15, -0.1) is 0 Å². The SMILES string of the molecule is CNc1nc(C(N)=O)c(NC(=O)C(C)N2CCN(C)CC2)s1. The zero-order valence-electron chi connectivity index (χ0n) is 13.0. The van der Waals surface area contributed by atoms with Gasteiger partial charge in [0.15, 0.2) is 10.8 Å². The van der Waals surface area contributed by atoms with Gasteiger partial charge < -0.3 is 21.3 Å². The van der Waals surface area contributed by atoms with Crippen LogP contribution in [0.2, 0.25) is 0 Å². The Labute approximate surface area is 133 Å². The molecule has 1 aromatic heterocycles. The molecular weight excluding hydrogens is 304 g/mol. The normalized spacial score (nSPS) is 18.0. The van der Waals surface area contributed by atoms with Crippen LogP contribution in [0.4, 0.5) is 10.1 Å². The average molecular weight is 326 g/mol. The van der Waals surface area contributed by atoms with Crippen molar-refractivity contribution in [3.8, 4) is 0 Å². The number of likely N-dealkylation sites (N-methyl/N-ethyl adjacent to an activating group) is 1. The van der Waals surface area contributed by atoms with Crippen LogP contribution in [0.15, 0.2) is 0 Å². The summed E-state index contributed by atoms with van der Waals surface area (Å²) in [5, 5.41) is 6.55. The summed E-state index contributed by atoms with van der Waals surface area (Å²) in [5.74, 6) is -0.807. The Balaban J connectivity index is 2.05. The summed E-state index contributed by atoms with van der Waals surface area (Å²) in [6, 6.07) is -0.269. The molecule has 0 spiro atoms. The zero-order chi connectivity index (χ0) is 16.3. The van der Waals surface area contributed by atoms with Crippen LogP contribution >= 0.6 is 11.3 Å². The largest absolute Gasteiger partial charge is 0.365 e. The molecule has 1 saturated heterocycles. The Bertz CT molecular complexity index is 553. The van der Waals surface area contributed by atoms with E-state index in [1.165, 1.54) is 11.3 Å². The first-order valence-electron chi connectivity index (χ1n) is 7.14. The molecule has 22 heavy (non-hydrogen) atoms. The molecule has 9 heteroatoms. The summed E-state index contributed by atoms with van der Waals surface area (Å²) in [4.78, 5) is 32.2. The van der Waals surface area contributed by atoms with Gasteiger partial charge in [-0.3, -0.25) is 14.5 Å². The number of carbonyl (C=O) groups excluding carboxylic acids is 2. The molecule has 2 amide bonds. The van der Waals surface area contributed by atoms with Gasteiger partial charge in [-0.25, -0.2) is 4.98 Å². The Morgan fingerprint density at radius 3 is 2.50 bits per heavy atom. The molecule has 1 atom stereocenters. The maximum atomic E-state index is 12.4. The van der Waals surface area contributed by atoms with Crippen LogP contribution in [-0.2, 0) is 4.79 Å². The second-order valence-corrected chi connectivity index (χ2v) is 6.31. The number of hydrogen-bond donors (Lipinski definition) is 3. The minimum absolute atomic E-state index is 0.0910. The maximum Gasteiger partial charge on any atom is 0.270 e. The van der Waals surface area contributed by atoms with E-state index in [4.69, 9.17) is 5.73 Å². The van der Waals surface area contributed by atoms with E-state index < -0.39 is 5.91 Å². The number of nitrogens with one attached hydrogen (secondary N) is 2. The van der Waals surface area contributed by atoms with Crippen molar-refractivity contribution >= 4 is 33.3 Å². The highest BCUT2D eigenvalue weighted by atomic mass is 32.1. The number of anilines is 2. The minimum Gasteiger partial charge on any atom is -0.365 e. The standard InChI is InChI=1S/C13H22N6O2S/c1-8(19-6-4-18(3)5-7-19)11(21)17-12-9(10(14)20)16-13(15-2)22-12/h8H,4-7H2,1-3H3,(H2,14,20)(H,15,16)(H,17,21). The lowest BCUT2D eigenvalue weighted by atomic mass is 10.2. The number of thiazole rings is 1. The number of nitrogens with zero attached hydrogens (tertiary/aromatic N) is 3. The van der Waals surface area contributed by atoms with Crippen molar-refractivity contribution in [2.24, 2.45) is 5.73 Å². The average Bonchev–Trinajstić information content (AvgIpc) is 2.90. The number of piperazine rings is 1. The van der Waals surface area contributed by atoms with Crippen molar-refractivity contribution in [1.29, 1.82) is 0 Å². The summed E-state index contributed by atoms with van der Waals surface area (Å²) in [7, 11) is 3.76. The van der Waals surface area contributed by atoms with Crippen molar-refractivity contribution < 1.29 is 9.59 Å². The van der Waals surface area contributed by atoms with E-state index in [0.29, 0.717) is 10.1 Å². The summed E-state index contributed by atoms with van der Waals surface area (Å²) in [6.45, 7) is 5.43. The molecule has 2 heterocycles. The van der Waals surface area contributed by atoms with E-state index in [1.807, 2.05) is 6.92 Å². The van der Waals surface area contributed by atoms with Crippen molar-refractivity contribution in [2.75, 3.05) is 50.9 Å². The van der Waals surface area contributed by atoms with Crippen LogP contribution in [0, 0.1) is 0 Å². The second kappa shape index (κ2) is 7.03. The van der Waals surface area contributed by atoms with Gasteiger partial charge in [0, 0.05) is 33.2 Å². The highest BCUT2D eigenvalue weighted by molar-refractivity contribution is 7.20. The topological polar surface area (TPSA) is 104 Å². The fourth-order valence-electron chi connectivity index (χ4n) is 2.27. The van der Waals surface area contributed by atoms with E-state index in [9.17, 15) is 9.59 Å². The summed E-state index contributed by atoms with van der Waals surface area (Å²) in [5.41, 5.74) is 5.39. The summed E-state index contributed by atoms with van der Waals surface area (Å²) in [6.07, 6.45) is 0. The van der Waals surface area contributed by atoms with Crippen molar-refractivity contribution in [1.82, 2.24) is 14.8 Å². The number of aromatic nitrogens is 1. The van der Waals surface area contributed by atoms with Crippen LogP contribution in [0.3, 0.4) is 0 Å². The minimum atomic E-state index is -0.652. The first kappa shape index (κ1) is 16.7. The molecule has 0 radical (unpaired) electrons. The molecule has 8 nitrogen and oxygen atoms in total. The van der Waals surface area contributed by atoms with Gasteiger partial charge in [0.05, 0.1) is 6.04 Å². The predicted molar refractivity (Wildman–Crippen MR) is 87.3 cm³/mol. The third-order valence-electron chi connectivity index (χ3n) is 3.78. The van der Waals surface area contributed by atoms with Crippen LogP contribution in [-0.4, -0.2) is 72.9 Å². The first-order valence-corrected chi connectivity index (χ1v) is 7.96. The maximum absolute atomic E-state index is 12.4. The number of nitrogens with two attached hydrogens (primary N) is 1. The highest BCUT2D eigenvalue weighted by Crippen LogP contribution is 2.28. The molecule has 0 aromatic carbocycles. The van der Waals surface area contributed by atoms with Crippen LogP contribution in [0.25, 0.3) is 0 Å². The molecule has 0 saturated carbocycles. The number of carbonyl (C=O) groups is 2. The van der Waals surface area contributed by atoms with Crippen LogP contribution < -0.4 is 16.4 Å². The van der Waals surface area contributed by atoms with Crippen molar-refractivity contribution in [3.05, 3.63) is 5.69 Å². The Hall–Kier alpha value is -1.71. The summed E-state index contributed by atoms with van der Waals surface area (Å²) >= 11 is 1.20. The van der Waals surface area contributed by atoms with Crippen molar-refractivity contribution in [3.63, 3.8) is 0 Å². The van der Waals surface area contributed by atoms with Crippen LogP contribution in [0.5, 0.6) is 0 Å². The fraction of sp³-hybridized carbons (Fsp3) is 0.615. The molecule has 4 N–H and O–H groups in total. The van der Waals surface area contributed by atoms with Gasteiger partial charge in [-0.1, -0.05) is 11.3 Å². The number of rotatable bonds is 5. The Morgan fingerprint density at radius 2 is 1.95 bits per heavy atom. The molecule has 1 unspecified atom stereocenters. The molecule has 1 fully saturated rings. The van der Waals surface area contributed by atoms with Gasteiger partial charge >= 0.3 is 0 Å². The first-order chi connectivity index (χ1) is 10.4. The van der Waals surface area contributed by atoms with E-state index >= 15 is 0 Å². The molecule has 1 aliphatic heterocycles. The van der Waals surface area contributed by atoms with Gasteiger partial charge in [0.1, 0.15) is 5.00 Å². The molecule has 0 bridgehead atoms. The third-order valence-corrected chi connectivity index (χ3v) is 4.76. The molecular formula is C13H22N6O2S. The number of hydrogen-bond acceptors (Lipinski definition) is 7. The van der Waals surface area contributed by atoms with Crippen LogP contribution in [0.1, 0.15) is 17.4 Å². The lowest BCUT2D eigenvalue weighted by Crippen LogP contribution is -2.51. The third kappa shape index (κ3) is 3.73. The fourth-order valence-corrected chi connectivity index (χ4v) is 3.10. The molecule has 122 valence electrons. The van der Waals surface area contributed by atoms with Crippen molar-refractivity contribution in [2.45, 2.75) is 13.0 Å². The zero-order valence-corrected chi connectivity index (χ0v) is 13.9. The summed E-state index contributed by atoms with van der Waals surface area (Å²) < 4.78 is 0. The second-order valence-electron chi connectivity index (χ2n) is 5.32. The molecule has 2 rings (SSSR count). The van der Waals surface area contributed by atoms with E-state index in [0.717, 1.165) is 26.2 Å². The van der Waals surface area contributed by atoms with E-state index in [-0.39, 0.29) is 17.6 Å². The van der Waals surface area contributed by atoms with Gasteiger partial charge in [0.2, 0.25) is 5.91 Å². The van der Waals surface area contributed by atoms with E-state index in [2.05, 4.69) is 32.5 Å². The monoisotopic (exact) mass is 326 g/mol. The molecule has 0 aliphatic carbocycles. The number of amides is 2. The molecule has 1 aliphatic rings. The number of primary amides is 1. The van der Waals surface area contributed by atoms with Gasteiger partial charge in [0.25, 0.3) is 5.91 Å². The predicted octanol–water partition coefficient (Wildman–Crippen LogP) is -0.142. The highest BCUT2D eigenvalue weighted by Gasteiger charge is 2.26. The molecule has 1 aromatic rings.